The van der Waals surface area contributed by atoms with E-state index in [4.69, 9.17) is 22.4 Å². The maximum absolute atomic E-state index is 12.1. The highest BCUT2D eigenvalue weighted by Crippen LogP contribution is 2.23. The number of amides is 1. The number of aromatic carboxylic acids is 1. The van der Waals surface area contributed by atoms with Gasteiger partial charge in [0.2, 0.25) is 0 Å². The second-order valence-corrected chi connectivity index (χ2v) is 5.57. The van der Waals surface area contributed by atoms with Crippen molar-refractivity contribution in [3.8, 4) is 0 Å². The van der Waals surface area contributed by atoms with Gasteiger partial charge in [-0.25, -0.2) is 4.79 Å². The maximum atomic E-state index is 12.1. The van der Waals surface area contributed by atoms with E-state index in [9.17, 15) is 9.59 Å². The molecule has 0 saturated carbocycles. The third-order valence-corrected chi connectivity index (χ3v) is 3.35. The first-order valence-corrected chi connectivity index (χ1v) is 6.94. The predicted octanol–water partition coefficient (Wildman–Crippen LogP) is 3.64. The molecule has 0 radical (unpaired) electrons. The number of nitrogens with one attached hydrogen (secondary N) is 1. The Morgan fingerprint density at radius 2 is 1.90 bits per heavy atom. The van der Waals surface area contributed by atoms with Crippen LogP contribution in [0.1, 0.15) is 20.7 Å². The van der Waals surface area contributed by atoms with Gasteiger partial charge in [0.15, 0.2) is 0 Å². The molecule has 7 heteroatoms. The highest BCUT2D eigenvalue weighted by Gasteiger charge is 2.14. The van der Waals surface area contributed by atoms with Crippen molar-refractivity contribution in [2.75, 3.05) is 11.1 Å². The fourth-order valence-corrected chi connectivity index (χ4v) is 2.34. The summed E-state index contributed by atoms with van der Waals surface area (Å²) in [5.41, 5.74) is 6.39. The van der Waals surface area contributed by atoms with Gasteiger partial charge in [0.05, 0.1) is 11.3 Å². The Kier molecular flexibility index (Phi) is 4.50. The third kappa shape index (κ3) is 3.74. The molecule has 2 rings (SSSR count). The zero-order valence-corrected chi connectivity index (χ0v) is 12.9. The quantitative estimate of drug-likeness (QED) is 0.720. The van der Waals surface area contributed by atoms with Crippen LogP contribution in [0.5, 0.6) is 0 Å². The second-order valence-electron chi connectivity index (χ2n) is 4.22. The number of nitrogens with two attached hydrogens (primary N) is 1. The lowest BCUT2D eigenvalue weighted by Gasteiger charge is -2.09. The molecule has 0 saturated heterocycles. The number of halogens is 2. The molecule has 1 amide bonds. The van der Waals surface area contributed by atoms with Gasteiger partial charge < -0.3 is 16.2 Å². The van der Waals surface area contributed by atoms with E-state index in [1.165, 1.54) is 30.3 Å². The summed E-state index contributed by atoms with van der Waals surface area (Å²) in [4.78, 5) is 23.3. The van der Waals surface area contributed by atoms with Gasteiger partial charge in [-0.15, -0.1) is 0 Å². The minimum atomic E-state index is -1.14. The van der Waals surface area contributed by atoms with Crippen LogP contribution < -0.4 is 11.1 Å². The van der Waals surface area contributed by atoms with Crippen LogP contribution in [0.2, 0.25) is 5.02 Å². The van der Waals surface area contributed by atoms with Crippen LogP contribution in [-0.2, 0) is 0 Å². The van der Waals surface area contributed by atoms with Crippen molar-refractivity contribution in [1.82, 2.24) is 0 Å². The first-order valence-electron chi connectivity index (χ1n) is 5.77. The Labute approximate surface area is 133 Å². The molecule has 0 aliphatic rings. The van der Waals surface area contributed by atoms with Crippen LogP contribution in [0.25, 0.3) is 0 Å². The van der Waals surface area contributed by atoms with Gasteiger partial charge in [-0.2, -0.15) is 0 Å². The van der Waals surface area contributed by atoms with E-state index in [2.05, 4.69) is 21.2 Å². The lowest BCUT2D eigenvalue weighted by atomic mass is 10.1. The summed E-state index contributed by atoms with van der Waals surface area (Å²) in [6.45, 7) is 0. The first kappa shape index (κ1) is 15.3. The Balaban J connectivity index is 2.33. The number of rotatable bonds is 3. The molecule has 5 nitrogen and oxygen atoms in total. The standard InChI is InChI=1S/C14H10BrClN2O3/c15-8-1-2-12(11(5-8)14(20)21)18-13(19)7-3-9(16)6-10(17)4-7/h1-6H,17H2,(H,18,19)(H,20,21). The van der Waals surface area contributed by atoms with Crippen LogP contribution in [0.15, 0.2) is 40.9 Å². The molecule has 0 spiro atoms. The fourth-order valence-electron chi connectivity index (χ4n) is 1.74. The maximum Gasteiger partial charge on any atom is 0.337 e. The fraction of sp³-hybridized carbons (Fsp3) is 0. The molecule has 0 aliphatic heterocycles. The molecule has 21 heavy (non-hydrogen) atoms. The molecule has 0 aromatic heterocycles. The smallest absolute Gasteiger partial charge is 0.337 e. The highest BCUT2D eigenvalue weighted by atomic mass is 79.9. The van der Waals surface area contributed by atoms with E-state index in [0.717, 1.165) is 0 Å². The number of carbonyl (C=O) groups is 2. The van der Waals surface area contributed by atoms with Crippen LogP contribution >= 0.6 is 27.5 Å². The predicted molar refractivity (Wildman–Crippen MR) is 84.9 cm³/mol. The summed E-state index contributed by atoms with van der Waals surface area (Å²) < 4.78 is 0.602. The number of carboxylic acid groups (broad SMARTS) is 1. The lowest BCUT2D eigenvalue weighted by Crippen LogP contribution is -2.15. The highest BCUT2D eigenvalue weighted by molar-refractivity contribution is 9.10. The van der Waals surface area contributed by atoms with Crippen molar-refractivity contribution in [3.05, 3.63) is 57.0 Å². The molecule has 4 N–H and O–H groups in total. The lowest BCUT2D eigenvalue weighted by molar-refractivity contribution is 0.0698. The molecule has 0 aliphatic carbocycles. The molecular formula is C14H10BrClN2O3. The minimum absolute atomic E-state index is 0.0206. The van der Waals surface area contributed by atoms with Crippen molar-refractivity contribution >= 4 is 50.8 Å². The average Bonchev–Trinajstić information content (AvgIpc) is 2.39. The number of carbonyl (C=O) groups excluding carboxylic acids is 1. The summed E-state index contributed by atoms with van der Waals surface area (Å²) in [5, 5.41) is 12.0. The van der Waals surface area contributed by atoms with Crippen molar-refractivity contribution in [2.45, 2.75) is 0 Å². The van der Waals surface area contributed by atoms with E-state index < -0.39 is 11.9 Å². The molecule has 0 bridgehead atoms. The second kappa shape index (κ2) is 6.15. The van der Waals surface area contributed by atoms with Crippen LogP contribution in [0.4, 0.5) is 11.4 Å². The Bertz CT molecular complexity index is 714. The van der Waals surface area contributed by atoms with Gasteiger partial charge in [-0.3, -0.25) is 4.79 Å². The number of nitrogen functional groups attached to an aromatic ring is 1. The Hall–Kier alpha value is -2.05. The van der Waals surface area contributed by atoms with Crippen LogP contribution in [0.3, 0.4) is 0 Å². The average molecular weight is 370 g/mol. The SMILES string of the molecule is Nc1cc(Cl)cc(C(=O)Nc2ccc(Br)cc2C(=O)O)c1. The molecule has 108 valence electrons. The van der Waals surface area contributed by atoms with Crippen LogP contribution in [-0.4, -0.2) is 17.0 Å². The van der Waals surface area contributed by atoms with Gasteiger partial charge in [0.25, 0.3) is 5.91 Å². The van der Waals surface area contributed by atoms with E-state index in [-0.39, 0.29) is 16.8 Å². The largest absolute Gasteiger partial charge is 0.478 e. The molecule has 0 unspecified atom stereocenters. The normalized spacial score (nSPS) is 10.2. The molecular weight excluding hydrogens is 360 g/mol. The first-order chi connectivity index (χ1) is 9.86. The molecule has 2 aromatic carbocycles. The number of benzene rings is 2. The Morgan fingerprint density at radius 1 is 1.19 bits per heavy atom. The summed E-state index contributed by atoms with van der Waals surface area (Å²) in [6.07, 6.45) is 0. The topological polar surface area (TPSA) is 92.4 Å². The zero-order valence-electron chi connectivity index (χ0n) is 10.6. The Morgan fingerprint density at radius 3 is 2.52 bits per heavy atom. The van der Waals surface area contributed by atoms with E-state index in [1.54, 1.807) is 6.07 Å². The molecule has 0 heterocycles. The minimum Gasteiger partial charge on any atom is -0.478 e. The van der Waals surface area contributed by atoms with Crippen molar-refractivity contribution in [2.24, 2.45) is 0 Å². The van der Waals surface area contributed by atoms with Crippen molar-refractivity contribution in [1.29, 1.82) is 0 Å². The van der Waals surface area contributed by atoms with Gasteiger partial charge in [0, 0.05) is 20.7 Å². The van der Waals surface area contributed by atoms with Crippen molar-refractivity contribution < 1.29 is 14.7 Å². The summed E-state index contributed by atoms with van der Waals surface area (Å²) >= 11 is 9.02. The number of hydrogen-bond donors (Lipinski definition) is 3. The van der Waals surface area contributed by atoms with Gasteiger partial charge in [-0.1, -0.05) is 27.5 Å². The number of hydrogen-bond acceptors (Lipinski definition) is 3. The summed E-state index contributed by atoms with van der Waals surface area (Å²) in [5.74, 6) is -1.63. The third-order valence-electron chi connectivity index (χ3n) is 2.64. The molecule has 0 atom stereocenters. The van der Waals surface area contributed by atoms with Crippen LogP contribution in [0, 0.1) is 0 Å². The van der Waals surface area contributed by atoms with E-state index in [1.807, 2.05) is 0 Å². The zero-order chi connectivity index (χ0) is 15.6. The van der Waals surface area contributed by atoms with Gasteiger partial charge in [0.1, 0.15) is 0 Å². The summed E-state index contributed by atoms with van der Waals surface area (Å²) in [7, 11) is 0. The monoisotopic (exact) mass is 368 g/mol. The number of anilines is 2. The van der Waals surface area contributed by atoms with Crippen molar-refractivity contribution in [3.63, 3.8) is 0 Å². The summed E-state index contributed by atoms with van der Waals surface area (Å²) in [6, 6.07) is 8.96. The van der Waals surface area contributed by atoms with Gasteiger partial charge in [-0.05, 0) is 36.4 Å². The van der Waals surface area contributed by atoms with E-state index in [0.29, 0.717) is 15.2 Å². The van der Waals surface area contributed by atoms with E-state index >= 15 is 0 Å². The van der Waals surface area contributed by atoms with Gasteiger partial charge >= 0.3 is 5.97 Å². The molecule has 2 aromatic rings. The molecule has 0 fully saturated rings. The number of carboxylic acids is 1.